The third kappa shape index (κ3) is 6.46. The average Bonchev–Trinajstić information content (AvgIpc) is 3.90. The molecule has 2 nitrogen and oxygen atoms in total. The van der Waals surface area contributed by atoms with Crippen LogP contribution < -0.4 is 20.9 Å². The van der Waals surface area contributed by atoms with Crippen LogP contribution in [-0.2, 0) is 0 Å². The monoisotopic (exact) mass is 784 g/mol. The Bertz CT molecular complexity index is 2900. The zero-order valence-electron chi connectivity index (χ0n) is 33.6. The molecule has 0 amide bonds. The first-order valence-corrected chi connectivity index (χ1v) is 22.7. The Labute approximate surface area is 354 Å². The van der Waals surface area contributed by atoms with Gasteiger partial charge in [0.1, 0.15) is 0 Å². The topological polar surface area (TPSA) is 9.86 Å². The van der Waals surface area contributed by atoms with Gasteiger partial charge in [-0.05, 0) is 87.2 Å². The standard InChI is InChI=1S/C57H44N2Si/c1-43-53(41-55(44-24-9-2-10-25-44)58(43)48-30-13-4-14-31-48)46-28-23-29-47(40-46)54-42-56(45-26-11-3-12-27-45)59(49-32-15-5-16-33-49)57(54)60(50-34-17-6-18-35-50,51-36-19-7-20-37-51)52-38-21-8-22-39-52/h2-42H,1H3. The largest absolute Gasteiger partial charge is 0.316 e. The summed E-state index contributed by atoms with van der Waals surface area (Å²) in [6, 6.07) is 91.3. The van der Waals surface area contributed by atoms with Gasteiger partial charge >= 0.3 is 0 Å². The van der Waals surface area contributed by atoms with Crippen molar-refractivity contribution in [3.8, 4) is 56.1 Å². The molecule has 0 radical (unpaired) electrons. The maximum Gasteiger partial charge on any atom is 0.200 e. The second kappa shape index (κ2) is 16.1. The summed E-state index contributed by atoms with van der Waals surface area (Å²) in [7, 11) is -3.11. The lowest BCUT2D eigenvalue weighted by molar-refractivity contribution is 1.02. The van der Waals surface area contributed by atoms with E-state index in [0.717, 1.165) is 17.1 Å². The van der Waals surface area contributed by atoms with E-state index < -0.39 is 8.07 Å². The van der Waals surface area contributed by atoms with Crippen LogP contribution in [0.1, 0.15) is 5.69 Å². The highest BCUT2D eigenvalue weighted by Crippen LogP contribution is 2.38. The fourth-order valence-corrected chi connectivity index (χ4v) is 14.3. The lowest BCUT2D eigenvalue weighted by Crippen LogP contribution is -2.76. The van der Waals surface area contributed by atoms with Crippen molar-refractivity contribution in [2.24, 2.45) is 0 Å². The Morgan fingerprint density at radius 1 is 0.300 bits per heavy atom. The Kier molecular flexibility index (Phi) is 9.86. The fraction of sp³-hybridized carbons (Fsp3) is 0.0175. The molecule has 8 aromatic carbocycles. The van der Waals surface area contributed by atoms with E-state index >= 15 is 0 Å². The minimum Gasteiger partial charge on any atom is -0.316 e. The maximum atomic E-state index is 2.58. The molecular weight excluding hydrogens is 741 g/mol. The molecule has 0 aliphatic carbocycles. The smallest absolute Gasteiger partial charge is 0.200 e. The van der Waals surface area contributed by atoms with E-state index in [-0.39, 0.29) is 0 Å². The van der Waals surface area contributed by atoms with E-state index in [4.69, 9.17) is 0 Å². The predicted molar refractivity (Wildman–Crippen MR) is 255 cm³/mol. The molecule has 0 spiro atoms. The quantitative estimate of drug-likeness (QED) is 0.0966. The van der Waals surface area contributed by atoms with Gasteiger partial charge in [0.15, 0.2) is 8.07 Å². The van der Waals surface area contributed by atoms with E-state index in [1.165, 1.54) is 65.6 Å². The van der Waals surface area contributed by atoms with Crippen LogP contribution in [0.25, 0.3) is 56.1 Å². The Hall–Kier alpha value is -7.46. The molecule has 0 fully saturated rings. The molecule has 0 unspecified atom stereocenters. The first-order chi connectivity index (χ1) is 29.7. The van der Waals surface area contributed by atoms with Crippen molar-refractivity contribution in [1.29, 1.82) is 0 Å². The lowest BCUT2D eigenvalue weighted by Gasteiger charge is -2.36. The molecule has 2 heterocycles. The zero-order valence-corrected chi connectivity index (χ0v) is 34.6. The van der Waals surface area contributed by atoms with Gasteiger partial charge < -0.3 is 9.13 Å². The summed E-state index contributed by atoms with van der Waals surface area (Å²) in [4.78, 5) is 0. The van der Waals surface area contributed by atoms with Crippen LogP contribution in [0.4, 0.5) is 0 Å². The molecule has 0 bridgehead atoms. The van der Waals surface area contributed by atoms with Crippen LogP contribution >= 0.6 is 0 Å². The third-order valence-electron chi connectivity index (χ3n) is 11.9. The minimum absolute atomic E-state index is 1.14. The van der Waals surface area contributed by atoms with E-state index in [1.54, 1.807) is 0 Å². The molecular formula is C57H44N2Si. The van der Waals surface area contributed by atoms with Crippen LogP contribution in [0.3, 0.4) is 0 Å². The highest BCUT2D eigenvalue weighted by Gasteiger charge is 2.46. The van der Waals surface area contributed by atoms with Crippen molar-refractivity contribution in [2.45, 2.75) is 6.92 Å². The molecule has 0 aliphatic heterocycles. The van der Waals surface area contributed by atoms with Gasteiger partial charge in [-0.25, -0.2) is 0 Å². The molecule has 10 rings (SSSR count). The summed E-state index contributed by atoms with van der Waals surface area (Å²) in [5, 5.41) is 5.31. The number of para-hydroxylation sites is 2. The predicted octanol–water partition coefficient (Wildman–Crippen LogP) is 11.6. The van der Waals surface area contributed by atoms with E-state index in [0.29, 0.717) is 0 Å². The molecule has 0 atom stereocenters. The van der Waals surface area contributed by atoms with Gasteiger partial charge in [-0.2, -0.15) is 0 Å². The van der Waals surface area contributed by atoms with E-state index in [2.05, 4.69) is 265 Å². The van der Waals surface area contributed by atoms with Gasteiger partial charge in [0.2, 0.25) is 0 Å². The third-order valence-corrected chi connectivity index (χ3v) is 16.7. The van der Waals surface area contributed by atoms with Crippen molar-refractivity contribution < 1.29 is 0 Å². The van der Waals surface area contributed by atoms with Crippen LogP contribution in [0, 0.1) is 6.92 Å². The van der Waals surface area contributed by atoms with Gasteiger partial charge in [-0.3, -0.25) is 0 Å². The number of nitrogens with zero attached hydrogens (tertiary/aromatic N) is 2. The van der Waals surface area contributed by atoms with Crippen molar-refractivity contribution in [2.75, 3.05) is 0 Å². The average molecular weight is 785 g/mol. The van der Waals surface area contributed by atoms with Crippen molar-refractivity contribution in [3.05, 3.63) is 254 Å². The molecule has 0 saturated carbocycles. The second-order valence-corrected chi connectivity index (χ2v) is 19.0. The van der Waals surface area contributed by atoms with Gasteiger partial charge in [0.05, 0.1) is 11.4 Å². The van der Waals surface area contributed by atoms with Crippen LogP contribution in [0.5, 0.6) is 0 Å². The van der Waals surface area contributed by atoms with Gasteiger partial charge in [0.25, 0.3) is 0 Å². The molecule has 10 aromatic rings. The van der Waals surface area contributed by atoms with Gasteiger partial charge in [0, 0.05) is 33.5 Å². The minimum atomic E-state index is -3.11. The summed E-state index contributed by atoms with van der Waals surface area (Å²) in [6.45, 7) is 2.25. The van der Waals surface area contributed by atoms with Crippen molar-refractivity contribution in [3.63, 3.8) is 0 Å². The summed E-state index contributed by atoms with van der Waals surface area (Å²) in [5.41, 5.74) is 13.0. The number of benzene rings is 8. The number of hydrogen-bond donors (Lipinski definition) is 0. The summed E-state index contributed by atoms with van der Waals surface area (Å²) < 4.78 is 4.99. The van der Waals surface area contributed by atoms with Gasteiger partial charge in [-0.1, -0.05) is 206 Å². The van der Waals surface area contributed by atoms with Crippen LogP contribution in [0.2, 0.25) is 0 Å². The summed E-state index contributed by atoms with van der Waals surface area (Å²) in [6.07, 6.45) is 0. The molecule has 0 aliphatic rings. The number of aromatic nitrogens is 2. The number of rotatable bonds is 10. The first kappa shape index (κ1) is 36.8. The zero-order chi connectivity index (χ0) is 40.3. The molecule has 0 saturated heterocycles. The number of hydrogen-bond acceptors (Lipinski definition) is 0. The highest BCUT2D eigenvalue weighted by atomic mass is 28.3. The van der Waals surface area contributed by atoms with E-state index in [9.17, 15) is 0 Å². The Balaban J connectivity index is 1.32. The molecule has 0 N–H and O–H groups in total. The molecule has 286 valence electrons. The second-order valence-electron chi connectivity index (χ2n) is 15.3. The Morgan fingerprint density at radius 2 is 0.633 bits per heavy atom. The SMILES string of the molecule is Cc1c(-c2cccc(-c3cc(-c4ccccc4)n(-c4ccccc4)c3[Si](c3ccccc3)(c3ccccc3)c3ccccc3)c2)cc(-c2ccccc2)n1-c1ccccc1. The van der Waals surface area contributed by atoms with Crippen molar-refractivity contribution in [1.82, 2.24) is 9.13 Å². The Morgan fingerprint density at radius 3 is 1.08 bits per heavy atom. The molecule has 2 aromatic heterocycles. The summed E-state index contributed by atoms with van der Waals surface area (Å²) in [5.74, 6) is 0. The normalized spacial score (nSPS) is 11.4. The van der Waals surface area contributed by atoms with Crippen LogP contribution in [0.15, 0.2) is 249 Å². The van der Waals surface area contributed by atoms with Crippen molar-refractivity contribution >= 4 is 29.0 Å². The van der Waals surface area contributed by atoms with Crippen LogP contribution in [-0.4, -0.2) is 17.2 Å². The maximum absolute atomic E-state index is 3.11. The first-order valence-electron chi connectivity index (χ1n) is 20.7. The summed E-state index contributed by atoms with van der Waals surface area (Å²) >= 11 is 0. The van der Waals surface area contributed by atoms with E-state index in [1.807, 2.05) is 0 Å². The molecule has 3 heteroatoms. The van der Waals surface area contributed by atoms with Gasteiger partial charge in [-0.15, -0.1) is 0 Å². The fourth-order valence-electron chi connectivity index (χ4n) is 9.23. The molecule has 60 heavy (non-hydrogen) atoms. The highest BCUT2D eigenvalue weighted by molar-refractivity contribution is 7.20. The lowest BCUT2D eigenvalue weighted by atomic mass is 9.99.